The standard InChI is InChI=1S/C10H16ClNO3S2/c1-3-12(6-7-15-2)17(13,14)10-5-4-9(8-11)16-10/h4-5H,3,6-8H2,1-2H3. The van der Waals surface area contributed by atoms with Crippen molar-refractivity contribution >= 4 is 33.0 Å². The van der Waals surface area contributed by atoms with Crippen molar-refractivity contribution in [3.05, 3.63) is 17.0 Å². The molecule has 0 amide bonds. The van der Waals surface area contributed by atoms with E-state index in [9.17, 15) is 8.42 Å². The Labute approximate surface area is 111 Å². The van der Waals surface area contributed by atoms with Gasteiger partial charge in [0.15, 0.2) is 0 Å². The first-order valence-electron chi connectivity index (χ1n) is 5.20. The molecule has 0 saturated carbocycles. The summed E-state index contributed by atoms with van der Waals surface area (Å²) in [7, 11) is -1.85. The van der Waals surface area contributed by atoms with Gasteiger partial charge in [0, 0.05) is 25.1 Å². The number of thiophene rings is 1. The van der Waals surface area contributed by atoms with Crippen molar-refractivity contribution in [2.24, 2.45) is 0 Å². The van der Waals surface area contributed by atoms with Gasteiger partial charge >= 0.3 is 0 Å². The number of sulfonamides is 1. The summed E-state index contributed by atoms with van der Waals surface area (Å²) in [5.41, 5.74) is 0. The zero-order valence-electron chi connectivity index (χ0n) is 9.85. The minimum absolute atomic E-state index is 0.338. The maximum Gasteiger partial charge on any atom is 0.252 e. The van der Waals surface area contributed by atoms with Gasteiger partial charge < -0.3 is 4.74 Å². The molecule has 0 saturated heterocycles. The number of likely N-dealkylation sites (N-methyl/N-ethyl adjacent to an activating group) is 1. The Kier molecular flexibility index (Phi) is 5.88. The van der Waals surface area contributed by atoms with Gasteiger partial charge in [-0.05, 0) is 12.1 Å². The van der Waals surface area contributed by atoms with Gasteiger partial charge in [-0.3, -0.25) is 0 Å². The molecule has 0 atom stereocenters. The topological polar surface area (TPSA) is 46.6 Å². The SMILES string of the molecule is CCN(CCOC)S(=O)(=O)c1ccc(CCl)s1. The first kappa shape index (κ1) is 14.9. The van der Waals surface area contributed by atoms with Gasteiger partial charge in [0.25, 0.3) is 10.0 Å². The largest absolute Gasteiger partial charge is 0.383 e. The molecule has 0 radical (unpaired) electrons. The van der Waals surface area contributed by atoms with E-state index in [0.717, 1.165) is 4.88 Å². The number of hydrogen-bond donors (Lipinski definition) is 0. The Morgan fingerprint density at radius 3 is 2.65 bits per heavy atom. The monoisotopic (exact) mass is 297 g/mol. The normalized spacial score (nSPS) is 12.2. The van der Waals surface area contributed by atoms with Crippen LogP contribution in [0.25, 0.3) is 0 Å². The van der Waals surface area contributed by atoms with E-state index in [1.54, 1.807) is 19.2 Å². The Morgan fingerprint density at radius 1 is 1.47 bits per heavy atom. The summed E-state index contributed by atoms with van der Waals surface area (Å²) in [6.45, 7) is 2.99. The van der Waals surface area contributed by atoms with Crippen molar-refractivity contribution in [3.8, 4) is 0 Å². The summed E-state index contributed by atoms with van der Waals surface area (Å²) in [4.78, 5) is 0.855. The van der Waals surface area contributed by atoms with Gasteiger partial charge in [0.2, 0.25) is 0 Å². The van der Waals surface area contributed by atoms with E-state index in [1.807, 2.05) is 6.92 Å². The minimum atomic E-state index is -3.40. The third-order valence-electron chi connectivity index (χ3n) is 2.26. The highest BCUT2D eigenvalue weighted by molar-refractivity contribution is 7.91. The lowest BCUT2D eigenvalue weighted by molar-refractivity contribution is 0.180. The van der Waals surface area contributed by atoms with Crippen molar-refractivity contribution in [1.29, 1.82) is 0 Å². The van der Waals surface area contributed by atoms with E-state index in [2.05, 4.69) is 0 Å². The number of alkyl halides is 1. The minimum Gasteiger partial charge on any atom is -0.383 e. The number of halogens is 1. The number of methoxy groups -OCH3 is 1. The molecule has 0 spiro atoms. The second-order valence-electron chi connectivity index (χ2n) is 3.34. The van der Waals surface area contributed by atoms with Crippen LogP contribution in [0.2, 0.25) is 0 Å². The third-order valence-corrected chi connectivity index (χ3v) is 6.23. The summed E-state index contributed by atoms with van der Waals surface area (Å²) in [6.07, 6.45) is 0. The fourth-order valence-corrected chi connectivity index (χ4v) is 4.38. The molecule has 1 aromatic rings. The van der Waals surface area contributed by atoms with E-state index in [-0.39, 0.29) is 0 Å². The van der Waals surface area contributed by atoms with E-state index < -0.39 is 10.0 Å². The Balaban J connectivity index is 2.91. The van der Waals surface area contributed by atoms with Crippen molar-refractivity contribution in [2.75, 3.05) is 26.8 Å². The predicted molar refractivity (Wildman–Crippen MR) is 70.2 cm³/mol. The van der Waals surface area contributed by atoms with Crippen molar-refractivity contribution < 1.29 is 13.2 Å². The predicted octanol–water partition coefficient (Wildman–Crippen LogP) is 2.14. The van der Waals surface area contributed by atoms with Gasteiger partial charge in [0.1, 0.15) is 4.21 Å². The second-order valence-corrected chi connectivity index (χ2v) is 6.94. The van der Waals surface area contributed by atoms with Gasteiger partial charge in [-0.1, -0.05) is 6.92 Å². The van der Waals surface area contributed by atoms with Crippen molar-refractivity contribution in [2.45, 2.75) is 17.0 Å². The molecule has 17 heavy (non-hydrogen) atoms. The molecule has 7 heteroatoms. The average molecular weight is 298 g/mol. The van der Waals surface area contributed by atoms with Crippen LogP contribution in [0.15, 0.2) is 16.3 Å². The molecule has 0 aliphatic rings. The molecule has 1 aromatic heterocycles. The van der Waals surface area contributed by atoms with Crippen molar-refractivity contribution in [1.82, 2.24) is 4.31 Å². The molecule has 1 rings (SSSR count). The van der Waals surface area contributed by atoms with Gasteiger partial charge in [-0.2, -0.15) is 4.31 Å². The lowest BCUT2D eigenvalue weighted by Crippen LogP contribution is -2.33. The molecule has 1 heterocycles. The zero-order chi connectivity index (χ0) is 12.9. The summed E-state index contributed by atoms with van der Waals surface area (Å²) in [6, 6.07) is 3.35. The van der Waals surface area contributed by atoms with Gasteiger partial charge in [-0.25, -0.2) is 8.42 Å². The highest BCUT2D eigenvalue weighted by atomic mass is 35.5. The molecule has 0 fully saturated rings. The molecule has 0 N–H and O–H groups in total. The Hall–Kier alpha value is -0.140. The number of nitrogens with zero attached hydrogens (tertiary/aromatic N) is 1. The molecule has 98 valence electrons. The first-order valence-corrected chi connectivity index (χ1v) is 7.99. The van der Waals surface area contributed by atoms with Crippen LogP contribution >= 0.6 is 22.9 Å². The van der Waals surface area contributed by atoms with E-state index in [1.165, 1.54) is 15.6 Å². The third kappa shape index (κ3) is 3.66. The van der Waals surface area contributed by atoms with Crippen LogP contribution in [0.3, 0.4) is 0 Å². The van der Waals surface area contributed by atoms with Gasteiger partial charge in [-0.15, -0.1) is 22.9 Å². The van der Waals surface area contributed by atoms with E-state index >= 15 is 0 Å². The first-order chi connectivity index (χ1) is 8.06. The average Bonchev–Trinajstić information content (AvgIpc) is 2.79. The number of hydrogen-bond acceptors (Lipinski definition) is 4. The van der Waals surface area contributed by atoms with Crippen LogP contribution in [0.1, 0.15) is 11.8 Å². The van der Waals surface area contributed by atoms with E-state index in [4.69, 9.17) is 16.3 Å². The van der Waals surface area contributed by atoms with Crippen LogP contribution in [0, 0.1) is 0 Å². The lowest BCUT2D eigenvalue weighted by atomic mass is 10.5. The molecule has 4 nitrogen and oxygen atoms in total. The highest BCUT2D eigenvalue weighted by Gasteiger charge is 2.24. The summed E-state index contributed by atoms with van der Waals surface area (Å²) in [5, 5.41) is 0. The quantitative estimate of drug-likeness (QED) is 0.725. The smallest absolute Gasteiger partial charge is 0.252 e. The highest BCUT2D eigenvalue weighted by Crippen LogP contribution is 2.25. The fraction of sp³-hybridized carbons (Fsp3) is 0.600. The number of ether oxygens (including phenoxy) is 1. The second kappa shape index (κ2) is 6.70. The van der Waals surface area contributed by atoms with E-state index in [0.29, 0.717) is 29.8 Å². The van der Waals surface area contributed by atoms with Crippen LogP contribution in [0.4, 0.5) is 0 Å². The summed E-state index contributed by atoms with van der Waals surface area (Å²) in [5.74, 6) is 0.338. The lowest BCUT2D eigenvalue weighted by Gasteiger charge is -2.18. The van der Waals surface area contributed by atoms with Crippen LogP contribution in [-0.4, -0.2) is 39.5 Å². The Morgan fingerprint density at radius 2 is 2.18 bits per heavy atom. The fourth-order valence-electron chi connectivity index (χ4n) is 1.34. The summed E-state index contributed by atoms with van der Waals surface area (Å²) >= 11 is 6.88. The Bertz CT molecular complexity index is 444. The van der Waals surface area contributed by atoms with Crippen LogP contribution in [0.5, 0.6) is 0 Å². The summed E-state index contributed by atoms with van der Waals surface area (Å²) < 4.78 is 31.1. The van der Waals surface area contributed by atoms with Crippen LogP contribution in [-0.2, 0) is 20.6 Å². The van der Waals surface area contributed by atoms with Crippen LogP contribution < -0.4 is 0 Å². The molecule has 0 aliphatic carbocycles. The number of rotatable bonds is 7. The zero-order valence-corrected chi connectivity index (χ0v) is 12.2. The molecule has 0 unspecified atom stereocenters. The molecule has 0 aromatic carbocycles. The maximum absolute atomic E-state index is 12.2. The molecular weight excluding hydrogens is 282 g/mol. The van der Waals surface area contributed by atoms with Gasteiger partial charge in [0.05, 0.1) is 12.5 Å². The molecular formula is C10H16ClNO3S2. The maximum atomic E-state index is 12.2. The molecule has 0 aliphatic heterocycles. The van der Waals surface area contributed by atoms with Crippen molar-refractivity contribution in [3.63, 3.8) is 0 Å². The molecule has 0 bridgehead atoms.